The second-order valence-corrected chi connectivity index (χ2v) is 10.6. The van der Waals surface area contributed by atoms with Gasteiger partial charge < -0.3 is 15.3 Å². The molecule has 0 saturated carbocycles. The van der Waals surface area contributed by atoms with Crippen LogP contribution in [0.15, 0.2) is 30.3 Å². The van der Waals surface area contributed by atoms with Crippen LogP contribution in [0.25, 0.3) is 0 Å². The first-order valence-electron chi connectivity index (χ1n) is 10.8. The van der Waals surface area contributed by atoms with E-state index < -0.39 is 0 Å². The number of amidine groups is 1. The van der Waals surface area contributed by atoms with E-state index in [1.165, 1.54) is 6.92 Å². The maximum absolute atomic E-state index is 13.3. The molecule has 0 spiro atoms. The molecule has 3 N–H and O–H groups in total. The van der Waals surface area contributed by atoms with Gasteiger partial charge in [-0.3, -0.25) is 15.0 Å². The molecule has 0 unspecified atom stereocenters. The molecule has 0 atom stereocenters. The largest absolute Gasteiger partial charge is 0.507 e. The fourth-order valence-electron chi connectivity index (χ4n) is 4.01. The summed E-state index contributed by atoms with van der Waals surface area (Å²) >= 11 is 0. The number of phenols is 1. The minimum atomic E-state index is -0.322. The van der Waals surface area contributed by atoms with Crippen molar-refractivity contribution in [3.05, 3.63) is 58.1 Å². The number of hydrogen-bond donors (Lipinski definition) is 3. The Morgan fingerprint density at radius 3 is 2.06 bits per heavy atom. The number of nitrogens with zero attached hydrogens (tertiary/aromatic N) is 1. The van der Waals surface area contributed by atoms with Crippen LogP contribution in [0.4, 0.5) is 5.69 Å². The third-order valence-corrected chi connectivity index (χ3v) is 5.75. The summed E-state index contributed by atoms with van der Waals surface area (Å²) in [4.78, 5) is 26.4. The molecule has 6 nitrogen and oxygen atoms in total. The molecule has 33 heavy (non-hydrogen) atoms. The average molecular weight is 516 g/mol. The fourth-order valence-corrected chi connectivity index (χ4v) is 4.01. The zero-order valence-electron chi connectivity index (χ0n) is 20.4. The number of halogens is 1. The molecule has 0 radical (unpaired) electrons. The van der Waals surface area contributed by atoms with Crippen LogP contribution >= 0.6 is 17.0 Å². The number of hydrogen-bond acceptors (Lipinski definition) is 4. The minimum absolute atomic E-state index is 0. The number of ketones is 1. The predicted molar refractivity (Wildman–Crippen MR) is 138 cm³/mol. The summed E-state index contributed by atoms with van der Waals surface area (Å²) in [6.07, 6.45) is 0. The van der Waals surface area contributed by atoms with Crippen LogP contribution in [0.1, 0.15) is 81.1 Å². The van der Waals surface area contributed by atoms with Gasteiger partial charge in [-0.2, -0.15) is 0 Å². The smallest absolute Gasteiger partial charge is 0.221 e. The number of rotatable bonds is 4. The van der Waals surface area contributed by atoms with E-state index in [0.717, 1.165) is 22.3 Å². The van der Waals surface area contributed by atoms with Crippen LogP contribution in [0, 0.1) is 5.41 Å². The van der Waals surface area contributed by atoms with Crippen molar-refractivity contribution in [1.82, 2.24) is 4.90 Å². The lowest BCUT2D eigenvalue weighted by atomic mass is 9.78. The monoisotopic (exact) mass is 515 g/mol. The van der Waals surface area contributed by atoms with Gasteiger partial charge in [-0.15, -0.1) is 17.0 Å². The summed E-state index contributed by atoms with van der Waals surface area (Å²) in [6, 6.07) is 9.04. The van der Waals surface area contributed by atoms with Crippen LogP contribution in [-0.2, 0) is 22.2 Å². The molecule has 1 aliphatic rings. The lowest BCUT2D eigenvalue weighted by Crippen LogP contribution is -2.30. The molecule has 1 heterocycles. The second-order valence-electron chi connectivity index (χ2n) is 10.6. The molecule has 178 valence electrons. The highest BCUT2D eigenvalue weighted by molar-refractivity contribution is 8.93. The number of fused-ring (bicyclic) bond motifs is 1. The summed E-state index contributed by atoms with van der Waals surface area (Å²) in [5.74, 6) is 0.249. The first-order chi connectivity index (χ1) is 14.7. The zero-order valence-corrected chi connectivity index (χ0v) is 22.1. The summed E-state index contributed by atoms with van der Waals surface area (Å²) in [5.41, 5.74) is 3.70. The number of anilines is 1. The maximum atomic E-state index is 13.3. The van der Waals surface area contributed by atoms with E-state index >= 15 is 0 Å². The molecule has 2 aromatic carbocycles. The third kappa shape index (κ3) is 5.64. The van der Waals surface area contributed by atoms with Crippen LogP contribution in [0.3, 0.4) is 0 Å². The topological polar surface area (TPSA) is 93.5 Å². The lowest BCUT2D eigenvalue weighted by molar-refractivity contribution is -0.114. The van der Waals surface area contributed by atoms with E-state index in [0.29, 0.717) is 17.8 Å². The van der Waals surface area contributed by atoms with Gasteiger partial charge in [0.05, 0.1) is 6.54 Å². The van der Waals surface area contributed by atoms with Gasteiger partial charge in [-0.25, -0.2) is 0 Å². The summed E-state index contributed by atoms with van der Waals surface area (Å²) in [6.45, 7) is 14.1. The molecule has 2 aromatic rings. The summed E-state index contributed by atoms with van der Waals surface area (Å²) in [5, 5.41) is 22.2. The molecule has 3 rings (SSSR count). The standard InChI is InChI=1S/C26H33N3O3.BrH/c1-15(30)28-18-9-8-16-13-29(24(27)19(16)12-18)14-22(31)17-10-20(25(2,3)4)23(32)21(11-17)26(5,6)7;/h8-12,27,32H,13-14H2,1-7H3,(H,28,30);1H. The Morgan fingerprint density at radius 1 is 1.03 bits per heavy atom. The SMILES string of the molecule is Br.CC(=O)Nc1ccc2c(c1)C(=N)N(CC(=O)c1cc(C(C)(C)C)c(O)c(C(C)(C)C)c1)C2. The number of carbonyl (C=O) groups excluding carboxylic acids is 2. The van der Waals surface area contributed by atoms with Crippen LogP contribution < -0.4 is 5.32 Å². The number of aromatic hydroxyl groups is 1. The van der Waals surface area contributed by atoms with Crippen molar-refractivity contribution in [2.75, 3.05) is 11.9 Å². The van der Waals surface area contributed by atoms with Crippen molar-refractivity contribution in [2.24, 2.45) is 0 Å². The third-order valence-electron chi connectivity index (χ3n) is 5.75. The lowest BCUT2D eigenvalue weighted by Gasteiger charge is -2.28. The first-order valence-corrected chi connectivity index (χ1v) is 10.8. The number of carbonyl (C=O) groups is 2. The fraction of sp³-hybridized carbons (Fsp3) is 0.423. The predicted octanol–water partition coefficient (Wildman–Crippen LogP) is 5.55. The van der Waals surface area contributed by atoms with Gasteiger partial charge in [0.2, 0.25) is 5.91 Å². The Morgan fingerprint density at radius 2 is 1.58 bits per heavy atom. The molecule has 0 saturated heterocycles. The Labute approximate surface area is 206 Å². The Hall–Kier alpha value is -2.67. The Bertz CT molecular complexity index is 1080. The van der Waals surface area contributed by atoms with E-state index in [9.17, 15) is 14.7 Å². The second kappa shape index (κ2) is 9.29. The van der Waals surface area contributed by atoms with E-state index in [2.05, 4.69) is 5.32 Å². The molecule has 1 aliphatic heterocycles. The highest BCUT2D eigenvalue weighted by atomic mass is 79.9. The first kappa shape index (κ1) is 26.6. The molecular formula is C26H34BrN3O3. The maximum Gasteiger partial charge on any atom is 0.221 e. The van der Waals surface area contributed by atoms with Gasteiger partial charge in [-0.05, 0) is 40.7 Å². The Kier molecular flexibility index (Phi) is 7.49. The molecule has 0 bridgehead atoms. The molecule has 0 fully saturated rings. The van der Waals surface area contributed by atoms with Crippen molar-refractivity contribution in [2.45, 2.75) is 65.8 Å². The van der Waals surface area contributed by atoms with Gasteiger partial charge in [-0.1, -0.05) is 47.6 Å². The van der Waals surface area contributed by atoms with Crippen molar-refractivity contribution in [1.29, 1.82) is 5.41 Å². The molecular weight excluding hydrogens is 482 g/mol. The van der Waals surface area contributed by atoms with Crippen molar-refractivity contribution < 1.29 is 14.7 Å². The number of phenolic OH excluding ortho intramolecular Hbond substituents is 1. The summed E-state index contributed by atoms with van der Waals surface area (Å²) in [7, 11) is 0. The van der Waals surface area contributed by atoms with Crippen LogP contribution in [-0.4, -0.2) is 34.1 Å². The number of nitrogens with one attached hydrogen (secondary N) is 2. The van der Waals surface area contributed by atoms with Gasteiger partial charge in [0.15, 0.2) is 5.78 Å². The van der Waals surface area contributed by atoms with Gasteiger partial charge >= 0.3 is 0 Å². The normalized spacial score (nSPS) is 13.4. The van der Waals surface area contributed by atoms with E-state index in [4.69, 9.17) is 5.41 Å². The number of amides is 1. The highest BCUT2D eigenvalue weighted by Crippen LogP contribution is 2.40. The molecule has 7 heteroatoms. The van der Waals surface area contributed by atoms with E-state index in [1.54, 1.807) is 23.1 Å². The number of benzene rings is 2. The molecule has 0 aliphatic carbocycles. The van der Waals surface area contributed by atoms with Gasteiger partial charge in [0.1, 0.15) is 11.6 Å². The van der Waals surface area contributed by atoms with E-state index in [-0.39, 0.29) is 57.6 Å². The van der Waals surface area contributed by atoms with Gasteiger partial charge in [0.25, 0.3) is 0 Å². The van der Waals surface area contributed by atoms with E-state index in [1.807, 2.05) is 53.7 Å². The van der Waals surface area contributed by atoms with Crippen molar-refractivity contribution in [3.8, 4) is 5.75 Å². The highest BCUT2D eigenvalue weighted by Gasteiger charge is 2.30. The Balaban J connectivity index is 0.00000385. The van der Waals surface area contributed by atoms with Gasteiger partial charge in [0, 0.05) is 41.4 Å². The molecule has 0 aromatic heterocycles. The van der Waals surface area contributed by atoms with Crippen LogP contribution in [0.5, 0.6) is 5.75 Å². The quantitative estimate of drug-likeness (QED) is 0.465. The van der Waals surface area contributed by atoms with Crippen molar-refractivity contribution in [3.63, 3.8) is 0 Å². The molecule has 1 amide bonds. The van der Waals surface area contributed by atoms with Crippen LogP contribution in [0.2, 0.25) is 0 Å². The average Bonchev–Trinajstić information content (AvgIpc) is 2.95. The number of Topliss-reactive ketones (excluding diaryl/α,β-unsaturated/α-hetero) is 1. The minimum Gasteiger partial charge on any atom is -0.507 e. The zero-order chi connectivity index (χ0) is 24.0. The summed E-state index contributed by atoms with van der Waals surface area (Å²) < 4.78 is 0. The van der Waals surface area contributed by atoms with Crippen molar-refractivity contribution >= 4 is 40.2 Å².